The molecule has 0 fully saturated rings. The van der Waals surface area contributed by atoms with Crippen molar-refractivity contribution in [3.05, 3.63) is 58.3 Å². The molecule has 0 radical (unpaired) electrons. The standard InChI is InChI=1S/C15H10Cl2FN5OS/c16-9-2-1-3-11(6-9)23-15(20-21-22-23)25-8-14(24)19-13-5-4-10(18)7-12(13)17/h1-7H,8H2,(H,19,24). The van der Waals surface area contributed by atoms with E-state index in [0.29, 0.717) is 21.6 Å². The molecule has 0 saturated carbocycles. The minimum absolute atomic E-state index is 0.0502. The molecule has 10 heteroatoms. The fourth-order valence-corrected chi connectivity index (χ4v) is 3.04. The number of halogens is 3. The zero-order valence-corrected chi connectivity index (χ0v) is 14.8. The van der Waals surface area contributed by atoms with Crippen LogP contribution in [0, 0.1) is 5.82 Å². The number of anilines is 1. The van der Waals surface area contributed by atoms with E-state index in [0.717, 1.165) is 17.8 Å². The first-order chi connectivity index (χ1) is 12.0. The molecule has 0 aliphatic heterocycles. The predicted molar refractivity (Wildman–Crippen MR) is 94.9 cm³/mol. The Morgan fingerprint density at radius 2 is 2.08 bits per heavy atom. The second kappa shape index (κ2) is 7.81. The van der Waals surface area contributed by atoms with Crippen LogP contribution in [0.25, 0.3) is 5.69 Å². The van der Waals surface area contributed by atoms with Crippen LogP contribution >= 0.6 is 35.0 Å². The summed E-state index contributed by atoms with van der Waals surface area (Å²) in [4.78, 5) is 12.1. The molecule has 128 valence electrons. The van der Waals surface area contributed by atoms with Crippen LogP contribution in [-0.2, 0) is 4.79 Å². The number of hydrogen-bond donors (Lipinski definition) is 1. The van der Waals surface area contributed by atoms with E-state index >= 15 is 0 Å². The van der Waals surface area contributed by atoms with Gasteiger partial charge in [0.2, 0.25) is 11.1 Å². The van der Waals surface area contributed by atoms with E-state index in [2.05, 4.69) is 20.8 Å². The fourth-order valence-electron chi connectivity index (χ4n) is 1.95. The van der Waals surface area contributed by atoms with Crippen molar-refractivity contribution >= 4 is 46.6 Å². The third-order valence-corrected chi connectivity index (χ3v) is 4.50. The molecule has 1 amide bonds. The maximum Gasteiger partial charge on any atom is 0.234 e. The van der Waals surface area contributed by atoms with Gasteiger partial charge in [0.25, 0.3) is 0 Å². The SMILES string of the molecule is O=C(CSc1nnnn1-c1cccc(Cl)c1)Nc1ccc(F)cc1Cl. The first kappa shape index (κ1) is 17.7. The molecule has 0 spiro atoms. The van der Waals surface area contributed by atoms with Crippen LogP contribution < -0.4 is 5.32 Å². The van der Waals surface area contributed by atoms with Crippen molar-refractivity contribution in [3.8, 4) is 5.69 Å². The van der Waals surface area contributed by atoms with Gasteiger partial charge in [0.1, 0.15) is 5.82 Å². The highest BCUT2D eigenvalue weighted by Crippen LogP contribution is 2.24. The topological polar surface area (TPSA) is 72.7 Å². The summed E-state index contributed by atoms with van der Waals surface area (Å²) < 4.78 is 14.5. The summed E-state index contributed by atoms with van der Waals surface area (Å²) in [5.41, 5.74) is 1.02. The molecule has 0 aliphatic carbocycles. The lowest BCUT2D eigenvalue weighted by Gasteiger charge is -2.07. The van der Waals surface area contributed by atoms with Crippen LogP contribution in [0.3, 0.4) is 0 Å². The first-order valence-corrected chi connectivity index (χ1v) is 8.69. The van der Waals surface area contributed by atoms with Crippen molar-refractivity contribution in [1.82, 2.24) is 20.2 Å². The van der Waals surface area contributed by atoms with E-state index in [4.69, 9.17) is 23.2 Å². The first-order valence-electron chi connectivity index (χ1n) is 6.95. The van der Waals surface area contributed by atoms with Gasteiger partial charge in [0.15, 0.2) is 0 Å². The number of nitrogens with zero attached hydrogens (tertiary/aromatic N) is 4. The molecule has 3 aromatic rings. The molecule has 1 heterocycles. The van der Waals surface area contributed by atoms with Crippen molar-refractivity contribution in [3.63, 3.8) is 0 Å². The van der Waals surface area contributed by atoms with Gasteiger partial charge >= 0.3 is 0 Å². The Kier molecular flexibility index (Phi) is 5.52. The number of benzene rings is 2. The second-order valence-electron chi connectivity index (χ2n) is 4.81. The van der Waals surface area contributed by atoms with Crippen molar-refractivity contribution in [2.75, 3.05) is 11.1 Å². The molecule has 25 heavy (non-hydrogen) atoms. The third-order valence-electron chi connectivity index (χ3n) is 3.03. The summed E-state index contributed by atoms with van der Waals surface area (Å²) in [5, 5.41) is 15.1. The zero-order valence-electron chi connectivity index (χ0n) is 12.5. The number of aromatic nitrogens is 4. The minimum Gasteiger partial charge on any atom is -0.324 e. The number of carbonyl (C=O) groups excluding carboxylic acids is 1. The molecular formula is C15H10Cl2FN5OS. The average Bonchev–Trinajstić information content (AvgIpc) is 3.04. The Labute approximate surface area is 156 Å². The molecule has 2 aromatic carbocycles. The van der Waals surface area contributed by atoms with E-state index in [9.17, 15) is 9.18 Å². The number of carbonyl (C=O) groups is 1. The van der Waals surface area contributed by atoms with Gasteiger partial charge in [-0.2, -0.15) is 4.68 Å². The Hall–Kier alpha value is -2.16. The van der Waals surface area contributed by atoms with Gasteiger partial charge < -0.3 is 5.32 Å². The maximum atomic E-state index is 13.0. The lowest BCUT2D eigenvalue weighted by Crippen LogP contribution is -2.15. The highest BCUT2D eigenvalue weighted by molar-refractivity contribution is 7.99. The Bertz CT molecular complexity index is 920. The van der Waals surface area contributed by atoms with E-state index in [1.807, 2.05) is 0 Å². The van der Waals surface area contributed by atoms with Crippen LogP contribution in [0.2, 0.25) is 10.0 Å². The van der Waals surface area contributed by atoms with Crippen LogP contribution in [0.4, 0.5) is 10.1 Å². The Balaban J connectivity index is 1.66. The smallest absolute Gasteiger partial charge is 0.234 e. The van der Waals surface area contributed by atoms with Crippen LogP contribution in [-0.4, -0.2) is 31.9 Å². The van der Waals surface area contributed by atoms with E-state index in [1.165, 1.54) is 16.8 Å². The molecule has 0 aliphatic rings. The van der Waals surface area contributed by atoms with E-state index in [1.54, 1.807) is 24.3 Å². The molecule has 1 aromatic heterocycles. The summed E-state index contributed by atoms with van der Waals surface area (Å²) in [5.74, 6) is -0.744. The van der Waals surface area contributed by atoms with Gasteiger partial charge in [0, 0.05) is 5.02 Å². The van der Waals surface area contributed by atoms with Crippen LogP contribution in [0.1, 0.15) is 0 Å². The highest BCUT2D eigenvalue weighted by atomic mass is 35.5. The number of nitrogens with one attached hydrogen (secondary N) is 1. The molecule has 0 bridgehead atoms. The van der Waals surface area contributed by atoms with Crippen LogP contribution in [0.5, 0.6) is 0 Å². The number of hydrogen-bond acceptors (Lipinski definition) is 5. The van der Waals surface area contributed by atoms with Crippen molar-refractivity contribution < 1.29 is 9.18 Å². The summed E-state index contributed by atoms with van der Waals surface area (Å²) in [6, 6.07) is 10.8. The van der Waals surface area contributed by atoms with Gasteiger partial charge in [0.05, 0.1) is 22.2 Å². The van der Waals surface area contributed by atoms with Gasteiger partial charge in [-0.25, -0.2) is 4.39 Å². The number of amides is 1. The summed E-state index contributed by atoms with van der Waals surface area (Å²) >= 11 is 13.0. The average molecular weight is 398 g/mol. The molecule has 6 nitrogen and oxygen atoms in total. The van der Waals surface area contributed by atoms with Gasteiger partial charge in [-0.15, -0.1) is 5.10 Å². The molecular weight excluding hydrogens is 388 g/mol. The van der Waals surface area contributed by atoms with E-state index in [-0.39, 0.29) is 16.7 Å². The number of thioether (sulfide) groups is 1. The minimum atomic E-state index is -0.474. The fraction of sp³-hybridized carbons (Fsp3) is 0.0667. The number of rotatable bonds is 5. The second-order valence-corrected chi connectivity index (χ2v) is 6.60. The Morgan fingerprint density at radius 1 is 1.24 bits per heavy atom. The quantitative estimate of drug-likeness (QED) is 0.662. The monoisotopic (exact) mass is 397 g/mol. The maximum absolute atomic E-state index is 13.0. The third kappa shape index (κ3) is 4.47. The van der Waals surface area contributed by atoms with Crippen molar-refractivity contribution in [2.45, 2.75) is 5.16 Å². The van der Waals surface area contributed by atoms with Gasteiger partial charge in [-0.05, 0) is 46.8 Å². The highest BCUT2D eigenvalue weighted by Gasteiger charge is 2.13. The largest absolute Gasteiger partial charge is 0.324 e. The molecule has 0 unspecified atom stereocenters. The van der Waals surface area contributed by atoms with Crippen molar-refractivity contribution in [2.24, 2.45) is 0 Å². The summed E-state index contributed by atoms with van der Waals surface area (Å²) in [7, 11) is 0. The summed E-state index contributed by atoms with van der Waals surface area (Å²) in [6.07, 6.45) is 0. The van der Waals surface area contributed by atoms with Crippen molar-refractivity contribution in [1.29, 1.82) is 0 Å². The number of tetrazole rings is 1. The molecule has 1 N–H and O–H groups in total. The van der Waals surface area contributed by atoms with Gasteiger partial charge in [-0.3, -0.25) is 4.79 Å². The zero-order chi connectivity index (χ0) is 17.8. The lowest BCUT2D eigenvalue weighted by atomic mass is 10.3. The molecule has 0 atom stereocenters. The predicted octanol–water partition coefficient (Wildman–Crippen LogP) is 3.84. The Morgan fingerprint density at radius 3 is 2.84 bits per heavy atom. The summed E-state index contributed by atoms with van der Waals surface area (Å²) in [6.45, 7) is 0. The molecule has 0 saturated heterocycles. The lowest BCUT2D eigenvalue weighted by molar-refractivity contribution is -0.113. The molecule has 3 rings (SSSR count). The van der Waals surface area contributed by atoms with E-state index < -0.39 is 5.82 Å². The normalized spacial score (nSPS) is 10.7. The van der Waals surface area contributed by atoms with Crippen LogP contribution in [0.15, 0.2) is 47.6 Å². The van der Waals surface area contributed by atoms with Gasteiger partial charge in [-0.1, -0.05) is 41.0 Å².